The van der Waals surface area contributed by atoms with E-state index in [1.807, 2.05) is 0 Å². The molecule has 0 bridgehead atoms. The van der Waals surface area contributed by atoms with Gasteiger partial charge in [0, 0.05) is 24.8 Å². The predicted molar refractivity (Wildman–Crippen MR) is 66.1 cm³/mol. The molecule has 0 saturated carbocycles. The van der Waals surface area contributed by atoms with Crippen LogP contribution in [0.2, 0.25) is 0 Å². The van der Waals surface area contributed by atoms with E-state index in [0.29, 0.717) is 12.0 Å². The summed E-state index contributed by atoms with van der Waals surface area (Å²) >= 11 is 0. The molecule has 6 heteroatoms. The Morgan fingerprint density at radius 1 is 1.56 bits per heavy atom. The Morgan fingerprint density at radius 2 is 2.28 bits per heavy atom. The van der Waals surface area contributed by atoms with Crippen molar-refractivity contribution in [2.24, 2.45) is 0 Å². The highest BCUT2D eigenvalue weighted by atomic mass is 16.6. The predicted octanol–water partition coefficient (Wildman–Crippen LogP) is 1.02. The first-order valence-electron chi connectivity index (χ1n) is 5.66. The number of hydrogen-bond acceptors (Lipinski definition) is 4. The fourth-order valence-electron chi connectivity index (χ4n) is 1.56. The second kappa shape index (κ2) is 6.70. The number of aliphatic hydroxyl groups excluding tert-OH is 1. The van der Waals surface area contributed by atoms with E-state index in [9.17, 15) is 14.9 Å². The molecule has 1 unspecified atom stereocenters. The van der Waals surface area contributed by atoms with Crippen LogP contribution >= 0.6 is 0 Å². The monoisotopic (exact) mass is 252 g/mol. The smallest absolute Gasteiger partial charge is 0.269 e. The number of nitro benzene ring substituents is 1. The van der Waals surface area contributed by atoms with E-state index >= 15 is 0 Å². The summed E-state index contributed by atoms with van der Waals surface area (Å²) in [5, 5.41) is 22.0. The maximum atomic E-state index is 11.6. The topological polar surface area (TPSA) is 92.5 Å². The third-order valence-corrected chi connectivity index (χ3v) is 2.46. The minimum Gasteiger partial charge on any atom is -0.396 e. The Hall–Kier alpha value is -1.95. The van der Waals surface area contributed by atoms with Crippen LogP contribution in [0.4, 0.5) is 5.69 Å². The first-order valence-corrected chi connectivity index (χ1v) is 5.66. The van der Waals surface area contributed by atoms with Gasteiger partial charge in [0.05, 0.1) is 11.3 Å². The van der Waals surface area contributed by atoms with E-state index in [2.05, 4.69) is 5.32 Å². The molecule has 0 fully saturated rings. The maximum absolute atomic E-state index is 11.6. The summed E-state index contributed by atoms with van der Waals surface area (Å²) < 4.78 is 0. The van der Waals surface area contributed by atoms with Crippen molar-refractivity contribution in [1.82, 2.24) is 5.32 Å². The Kier molecular flexibility index (Phi) is 5.26. The summed E-state index contributed by atoms with van der Waals surface area (Å²) in [6.07, 6.45) is 0.581. The molecular formula is C12H16N2O4. The number of rotatable bonds is 6. The first-order chi connectivity index (χ1) is 8.52. The number of hydrogen-bond donors (Lipinski definition) is 2. The summed E-state index contributed by atoms with van der Waals surface area (Å²) in [5.41, 5.74) is 0.571. The second-order valence-electron chi connectivity index (χ2n) is 4.08. The molecule has 0 aliphatic carbocycles. The van der Waals surface area contributed by atoms with E-state index in [4.69, 9.17) is 5.11 Å². The zero-order valence-corrected chi connectivity index (χ0v) is 10.1. The average molecular weight is 252 g/mol. The lowest BCUT2D eigenvalue weighted by molar-refractivity contribution is -0.384. The molecular weight excluding hydrogens is 236 g/mol. The molecule has 0 spiro atoms. The van der Waals surface area contributed by atoms with Crippen LogP contribution in [0.15, 0.2) is 24.3 Å². The third-order valence-electron chi connectivity index (χ3n) is 2.46. The van der Waals surface area contributed by atoms with Crippen LogP contribution in [0, 0.1) is 10.1 Å². The fourth-order valence-corrected chi connectivity index (χ4v) is 1.56. The van der Waals surface area contributed by atoms with E-state index < -0.39 is 4.92 Å². The molecule has 1 aromatic rings. The molecule has 0 radical (unpaired) electrons. The first kappa shape index (κ1) is 14.1. The minimum absolute atomic E-state index is 0.0122. The maximum Gasteiger partial charge on any atom is 0.269 e. The number of nitrogens with one attached hydrogen (secondary N) is 1. The Morgan fingerprint density at radius 3 is 2.89 bits per heavy atom. The number of non-ortho nitro benzene ring substituents is 1. The lowest BCUT2D eigenvalue weighted by atomic mass is 10.1. The van der Waals surface area contributed by atoms with Gasteiger partial charge in [0.1, 0.15) is 0 Å². The van der Waals surface area contributed by atoms with Crippen LogP contribution in [0.25, 0.3) is 0 Å². The molecule has 0 heterocycles. The van der Waals surface area contributed by atoms with E-state index in [1.54, 1.807) is 19.1 Å². The quantitative estimate of drug-likeness (QED) is 0.584. The normalized spacial score (nSPS) is 11.9. The van der Waals surface area contributed by atoms with E-state index in [-0.39, 0.29) is 30.7 Å². The van der Waals surface area contributed by atoms with Crippen molar-refractivity contribution in [3.8, 4) is 0 Å². The molecule has 1 atom stereocenters. The fraction of sp³-hybridized carbons (Fsp3) is 0.417. The highest BCUT2D eigenvalue weighted by Gasteiger charge is 2.10. The van der Waals surface area contributed by atoms with Crippen molar-refractivity contribution in [2.75, 3.05) is 6.61 Å². The Bertz CT molecular complexity index is 434. The number of aliphatic hydroxyl groups is 1. The van der Waals surface area contributed by atoms with Crippen molar-refractivity contribution < 1.29 is 14.8 Å². The number of carbonyl (C=O) groups is 1. The molecule has 0 aliphatic heterocycles. The molecule has 1 rings (SSSR count). The van der Waals surface area contributed by atoms with Crippen LogP contribution in [-0.2, 0) is 11.2 Å². The molecule has 1 amide bonds. The lowest BCUT2D eigenvalue weighted by Crippen LogP contribution is -2.34. The van der Waals surface area contributed by atoms with Gasteiger partial charge < -0.3 is 10.4 Å². The van der Waals surface area contributed by atoms with E-state index in [1.165, 1.54) is 12.1 Å². The van der Waals surface area contributed by atoms with Gasteiger partial charge in [-0.05, 0) is 18.9 Å². The molecule has 1 aromatic carbocycles. The van der Waals surface area contributed by atoms with Gasteiger partial charge in [-0.1, -0.05) is 12.1 Å². The molecule has 18 heavy (non-hydrogen) atoms. The van der Waals surface area contributed by atoms with Gasteiger partial charge >= 0.3 is 0 Å². The van der Waals surface area contributed by atoms with Crippen LogP contribution < -0.4 is 5.32 Å². The van der Waals surface area contributed by atoms with Gasteiger partial charge in [-0.3, -0.25) is 14.9 Å². The van der Waals surface area contributed by atoms with Gasteiger partial charge in [0.25, 0.3) is 5.69 Å². The van der Waals surface area contributed by atoms with Gasteiger partial charge in [-0.15, -0.1) is 0 Å². The Labute approximate surface area is 105 Å². The molecule has 0 aliphatic rings. The zero-order chi connectivity index (χ0) is 13.5. The van der Waals surface area contributed by atoms with E-state index in [0.717, 1.165) is 0 Å². The zero-order valence-electron chi connectivity index (χ0n) is 10.1. The second-order valence-corrected chi connectivity index (χ2v) is 4.08. The highest BCUT2D eigenvalue weighted by Crippen LogP contribution is 2.13. The molecule has 98 valence electrons. The van der Waals surface area contributed by atoms with Crippen molar-refractivity contribution in [2.45, 2.75) is 25.8 Å². The molecule has 0 saturated heterocycles. The van der Waals surface area contributed by atoms with Crippen molar-refractivity contribution in [3.63, 3.8) is 0 Å². The van der Waals surface area contributed by atoms with Gasteiger partial charge in [-0.2, -0.15) is 0 Å². The highest BCUT2D eigenvalue weighted by molar-refractivity contribution is 5.79. The third kappa shape index (κ3) is 4.50. The van der Waals surface area contributed by atoms with Gasteiger partial charge in [0.2, 0.25) is 5.91 Å². The standard InChI is InChI=1S/C12H16N2O4/c1-9(5-6-15)13-12(16)8-10-3-2-4-11(7-10)14(17)18/h2-4,7,9,15H,5-6,8H2,1H3,(H,13,16). The van der Waals surface area contributed by atoms with Crippen molar-refractivity contribution >= 4 is 11.6 Å². The van der Waals surface area contributed by atoms with Crippen molar-refractivity contribution in [1.29, 1.82) is 0 Å². The number of benzene rings is 1. The molecule has 0 aromatic heterocycles. The largest absolute Gasteiger partial charge is 0.396 e. The number of carbonyl (C=O) groups excluding carboxylic acids is 1. The van der Waals surface area contributed by atoms with Crippen LogP contribution in [0.3, 0.4) is 0 Å². The lowest BCUT2D eigenvalue weighted by Gasteiger charge is -2.12. The summed E-state index contributed by atoms with van der Waals surface area (Å²) in [7, 11) is 0. The summed E-state index contributed by atoms with van der Waals surface area (Å²) in [4.78, 5) is 21.7. The number of nitro groups is 1. The Balaban J connectivity index is 2.59. The van der Waals surface area contributed by atoms with Gasteiger partial charge in [-0.25, -0.2) is 0 Å². The summed E-state index contributed by atoms with van der Waals surface area (Å²) in [6.45, 7) is 1.81. The number of nitrogens with zero attached hydrogens (tertiary/aromatic N) is 1. The average Bonchev–Trinajstić information content (AvgIpc) is 2.29. The molecule has 6 nitrogen and oxygen atoms in total. The van der Waals surface area contributed by atoms with Crippen LogP contribution in [-0.4, -0.2) is 28.6 Å². The summed E-state index contributed by atoms with van der Waals surface area (Å²) in [5.74, 6) is -0.212. The molecule has 2 N–H and O–H groups in total. The SMILES string of the molecule is CC(CCO)NC(=O)Cc1cccc([N+](=O)[O-])c1. The minimum atomic E-state index is -0.490. The van der Waals surface area contributed by atoms with Crippen LogP contribution in [0.1, 0.15) is 18.9 Å². The van der Waals surface area contributed by atoms with Crippen molar-refractivity contribution in [3.05, 3.63) is 39.9 Å². The van der Waals surface area contributed by atoms with Gasteiger partial charge in [0.15, 0.2) is 0 Å². The summed E-state index contributed by atoms with van der Waals surface area (Å²) in [6, 6.07) is 5.88. The van der Waals surface area contributed by atoms with Crippen LogP contribution in [0.5, 0.6) is 0 Å². The number of amides is 1.